The van der Waals surface area contributed by atoms with Gasteiger partial charge in [-0.25, -0.2) is 0 Å². The van der Waals surface area contributed by atoms with Crippen LogP contribution in [0, 0.1) is 16.0 Å². The van der Waals surface area contributed by atoms with E-state index in [1.54, 1.807) is 42.5 Å². The molecule has 124 valence electrons. The predicted molar refractivity (Wildman–Crippen MR) is 90.6 cm³/mol. The van der Waals surface area contributed by atoms with Gasteiger partial charge >= 0.3 is 5.97 Å². The number of carbonyl (C=O) groups is 2. The van der Waals surface area contributed by atoms with Gasteiger partial charge in [-0.1, -0.05) is 58.4 Å². The Morgan fingerprint density at radius 2 is 1.67 bits per heavy atom. The fraction of sp³-hybridized carbons (Fsp3) is 0.176. The van der Waals surface area contributed by atoms with Crippen molar-refractivity contribution in [1.29, 1.82) is 0 Å². The van der Waals surface area contributed by atoms with E-state index in [0.717, 1.165) is 4.47 Å². The number of carbonyl (C=O) groups excluding carboxylic acids is 1. The molecule has 0 radical (unpaired) electrons. The highest BCUT2D eigenvalue weighted by molar-refractivity contribution is 9.10. The molecule has 2 unspecified atom stereocenters. The molecule has 24 heavy (non-hydrogen) atoms. The third-order valence-electron chi connectivity index (χ3n) is 3.65. The SMILES string of the molecule is O=C(O)C(C(=O)c1ccccc1)C(C[N+](=O)[O-])c1ccc(Br)cc1. The predicted octanol–water partition coefficient (Wildman–Crippen LogP) is 3.39. The van der Waals surface area contributed by atoms with E-state index in [2.05, 4.69) is 15.9 Å². The van der Waals surface area contributed by atoms with Crippen molar-refractivity contribution in [2.45, 2.75) is 5.92 Å². The molecule has 2 atom stereocenters. The Kier molecular flexibility index (Phi) is 5.81. The molecule has 0 saturated heterocycles. The third-order valence-corrected chi connectivity index (χ3v) is 4.18. The molecule has 0 saturated carbocycles. The number of benzene rings is 2. The number of aliphatic carboxylic acids is 1. The topological polar surface area (TPSA) is 97.5 Å². The highest BCUT2D eigenvalue weighted by Gasteiger charge is 2.39. The minimum Gasteiger partial charge on any atom is -0.481 e. The Morgan fingerprint density at radius 1 is 1.08 bits per heavy atom. The lowest BCUT2D eigenvalue weighted by Gasteiger charge is -2.20. The molecule has 0 aliphatic rings. The second-order valence-corrected chi connectivity index (χ2v) is 6.14. The van der Waals surface area contributed by atoms with Gasteiger partial charge in [0.15, 0.2) is 5.78 Å². The van der Waals surface area contributed by atoms with Crippen LogP contribution in [0.25, 0.3) is 0 Å². The van der Waals surface area contributed by atoms with E-state index >= 15 is 0 Å². The van der Waals surface area contributed by atoms with Gasteiger partial charge in [0.05, 0.1) is 5.92 Å². The van der Waals surface area contributed by atoms with Crippen LogP contribution >= 0.6 is 15.9 Å². The van der Waals surface area contributed by atoms with E-state index in [4.69, 9.17) is 0 Å². The molecule has 6 nitrogen and oxygen atoms in total. The quantitative estimate of drug-likeness (QED) is 0.337. The molecule has 2 rings (SSSR count). The number of carboxylic acids is 1. The van der Waals surface area contributed by atoms with Crippen LogP contribution in [0.1, 0.15) is 21.8 Å². The number of hydrogen-bond acceptors (Lipinski definition) is 4. The fourth-order valence-electron chi connectivity index (χ4n) is 2.52. The van der Waals surface area contributed by atoms with E-state index in [1.165, 1.54) is 12.1 Å². The minimum absolute atomic E-state index is 0.218. The van der Waals surface area contributed by atoms with Crippen molar-refractivity contribution in [2.24, 2.45) is 5.92 Å². The maximum atomic E-state index is 12.6. The van der Waals surface area contributed by atoms with E-state index in [1.807, 2.05) is 0 Å². The van der Waals surface area contributed by atoms with Crippen LogP contribution in [-0.2, 0) is 4.79 Å². The first-order valence-electron chi connectivity index (χ1n) is 7.09. The Bertz CT molecular complexity index is 745. The number of Topliss-reactive ketones (excluding diaryl/α,β-unsaturated/α-hetero) is 1. The van der Waals surface area contributed by atoms with Gasteiger partial charge in [0, 0.05) is 15.0 Å². The molecular formula is C17H14BrNO5. The molecule has 0 aliphatic heterocycles. The van der Waals surface area contributed by atoms with Crippen molar-refractivity contribution in [1.82, 2.24) is 0 Å². The first kappa shape index (κ1) is 17.8. The minimum atomic E-state index is -1.53. The number of nitrogens with zero attached hydrogens (tertiary/aromatic N) is 1. The van der Waals surface area contributed by atoms with Crippen molar-refractivity contribution in [3.8, 4) is 0 Å². The lowest BCUT2D eigenvalue weighted by molar-refractivity contribution is -0.484. The van der Waals surface area contributed by atoms with Crippen LogP contribution in [0.5, 0.6) is 0 Å². The summed E-state index contributed by atoms with van der Waals surface area (Å²) in [7, 11) is 0. The highest BCUT2D eigenvalue weighted by Crippen LogP contribution is 2.29. The van der Waals surface area contributed by atoms with Gasteiger partial charge in [0.1, 0.15) is 5.92 Å². The summed E-state index contributed by atoms with van der Waals surface area (Å²) in [5.74, 6) is -4.60. The lowest BCUT2D eigenvalue weighted by Crippen LogP contribution is -2.34. The Balaban J connectivity index is 2.46. The zero-order valence-electron chi connectivity index (χ0n) is 12.5. The van der Waals surface area contributed by atoms with E-state index < -0.39 is 35.1 Å². The maximum Gasteiger partial charge on any atom is 0.315 e. The summed E-state index contributed by atoms with van der Waals surface area (Å²) < 4.78 is 0.757. The normalized spacial score (nSPS) is 13.0. The molecular weight excluding hydrogens is 378 g/mol. The van der Waals surface area contributed by atoms with Crippen LogP contribution in [0.3, 0.4) is 0 Å². The van der Waals surface area contributed by atoms with Crippen LogP contribution in [-0.4, -0.2) is 28.3 Å². The second-order valence-electron chi connectivity index (χ2n) is 5.22. The van der Waals surface area contributed by atoms with Crippen LogP contribution in [0.15, 0.2) is 59.1 Å². The summed E-state index contributed by atoms with van der Waals surface area (Å²) in [5, 5.41) is 20.6. The fourth-order valence-corrected chi connectivity index (χ4v) is 2.79. The van der Waals surface area contributed by atoms with Crippen LogP contribution in [0.4, 0.5) is 0 Å². The summed E-state index contributed by atoms with van der Waals surface area (Å²) in [6.07, 6.45) is 0. The van der Waals surface area contributed by atoms with E-state index in [-0.39, 0.29) is 5.56 Å². The lowest BCUT2D eigenvalue weighted by atomic mass is 9.81. The zero-order chi connectivity index (χ0) is 17.7. The van der Waals surface area contributed by atoms with Crippen molar-refractivity contribution in [3.05, 3.63) is 80.3 Å². The van der Waals surface area contributed by atoms with E-state index in [0.29, 0.717) is 5.56 Å². The van der Waals surface area contributed by atoms with E-state index in [9.17, 15) is 24.8 Å². The average Bonchev–Trinajstić information content (AvgIpc) is 2.55. The Labute approximate surface area is 146 Å². The average molecular weight is 392 g/mol. The van der Waals surface area contributed by atoms with Crippen molar-refractivity contribution < 1.29 is 19.6 Å². The summed E-state index contributed by atoms with van der Waals surface area (Å²) in [6, 6.07) is 14.5. The summed E-state index contributed by atoms with van der Waals surface area (Å²) in [5.41, 5.74) is 0.655. The van der Waals surface area contributed by atoms with Gasteiger partial charge in [0.25, 0.3) is 0 Å². The third kappa shape index (κ3) is 4.26. The molecule has 2 aromatic rings. The number of halogens is 1. The molecule has 0 fully saturated rings. The van der Waals surface area contributed by atoms with Gasteiger partial charge in [-0.15, -0.1) is 0 Å². The highest BCUT2D eigenvalue weighted by atomic mass is 79.9. The molecule has 7 heteroatoms. The summed E-state index contributed by atoms with van der Waals surface area (Å²) in [4.78, 5) is 34.8. The van der Waals surface area contributed by atoms with Crippen LogP contribution < -0.4 is 0 Å². The number of rotatable bonds is 7. The zero-order valence-corrected chi connectivity index (χ0v) is 14.0. The van der Waals surface area contributed by atoms with Crippen molar-refractivity contribution in [3.63, 3.8) is 0 Å². The molecule has 0 heterocycles. The monoisotopic (exact) mass is 391 g/mol. The molecule has 0 aliphatic carbocycles. The molecule has 0 aromatic heterocycles. The number of hydrogen-bond donors (Lipinski definition) is 1. The first-order chi connectivity index (χ1) is 11.4. The van der Waals surface area contributed by atoms with Gasteiger partial charge in [-0.3, -0.25) is 19.7 Å². The summed E-state index contributed by atoms with van der Waals surface area (Å²) >= 11 is 3.26. The molecule has 0 amide bonds. The van der Waals surface area contributed by atoms with Crippen molar-refractivity contribution in [2.75, 3.05) is 6.54 Å². The molecule has 0 bridgehead atoms. The number of carboxylic acid groups (broad SMARTS) is 1. The van der Waals surface area contributed by atoms with Crippen LogP contribution in [0.2, 0.25) is 0 Å². The van der Waals surface area contributed by atoms with Gasteiger partial charge in [-0.2, -0.15) is 0 Å². The maximum absolute atomic E-state index is 12.6. The molecule has 2 aromatic carbocycles. The molecule has 0 spiro atoms. The number of nitro groups is 1. The van der Waals surface area contributed by atoms with Gasteiger partial charge in [0.2, 0.25) is 6.54 Å². The van der Waals surface area contributed by atoms with Gasteiger partial charge < -0.3 is 5.11 Å². The number of ketones is 1. The largest absolute Gasteiger partial charge is 0.481 e. The standard InChI is InChI=1S/C17H14BrNO5/c18-13-8-6-11(7-9-13)14(10-19(23)24)15(17(21)22)16(20)12-4-2-1-3-5-12/h1-9,14-15H,10H2,(H,21,22). The Hall–Kier alpha value is -2.54. The summed E-state index contributed by atoms with van der Waals surface area (Å²) in [6.45, 7) is -0.642. The van der Waals surface area contributed by atoms with Crippen molar-refractivity contribution >= 4 is 27.7 Å². The van der Waals surface area contributed by atoms with Gasteiger partial charge in [-0.05, 0) is 17.7 Å². The molecule has 1 N–H and O–H groups in total. The Morgan fingerprint density at radius 3 is 2.17 bits per heavy atom. The first-order valence-corrected chi connectivity index (χ1v) is 7.88. The smallest absolute Gasteiger partial charge is 0.315 e. The second kappa shape index (κ2) is 7.83.